The minimum absolute atomic E-state index is 0.618. The third-order valence-electron chi connectivity index (χ3n) is 10.8. The second-order valence-corrected chi connectivity index (χ2v) is 14.1. The van der Waals surface area contributed by atoms with Crippen molar-refractivity contribution < 1.29 is 0 Å². The van der Waals surface area contributed by atoms with E-state index < -0.39 is 0 Å². The smallest absolute Gasteiger partial charge is 0.164 e. The van der Waals surface area contributed by atoms with Crippen molar-refractivity contribution in [3.05, 3.63) is 200 Å². The first kappa shape index (κ1) is 31.9. The molecule has 0 amide bonds. The molecule has 0 radical (unpaired) electrons. The maximum absolute atomic E-state index is 5.21. The summed E-state index contributed by atoms with van der Waals surface area (Å²) >= 11 is 0. The Morgan fingerprint density at radius 2 is 0.714 bits per heavy atom. The van der Waals surface area contributed by atoms with Crippen LogP contribution in [-0.4, -0.2) is 24.1 Å². The number of benzene rings is 8. The van der Waals surface area contributed by atoms with E-state index in [1.54, 1.807) is 0 Å². The van der Waals surface area contributed by atoms with E-state index in [4.69, 9.17) is 15.0 Å². The Kier molecular flexibility index (Phi) is 7.42. The summed E-state index contributed by atoms with van der Waals surface area (Å²) in [7, 11) is 0. The summed E-state index contributed by atoms with van der Waals surface area (Å²) in [6.45, 7) is 0. The van der Waals surface area contributed by atoms with Crippen LogP contribution in [0.3, 0.4) is 0 Å². The van der Waals surface area contributed by atoms with Gasteiger partial charge in [0.25, 0.3) is 0 Å². The van der Waals surface area contributed by atoms with E-state index in [0.29, 0.717) is 17.5 Å². The lowest BCUT2D eigenvalue weighted by Crippen LogP contribution is -2.02. The van der Waals surface area contributed by atoms with Crippen LogP contribution in [-0.2, 0) is 0 Å². The predicted molar refractivity (Wildman–Crippen MR) is 230 cm³/mol. The van der Waals surface area contributed by atoms with Crippen molar-refractivity contribution in [3.8, 4) is 56.7 Å². The Morgan fingerprint density at radius 3 is 1.36 bits per heavy atom. The molecule has 0 N–H and O–H groups in total. The standard InChI is InChI=1S/C51H33N5/c1-4-17-34(18-5-1)39-25-10-11-28-42(39)51-53-49(35-19-6-2-7-20-35)52-50(54-51)36-21-16-24-38(31-36)56-46-30-15-13-27-41(46)44-32-47-43(33-48(44)56)40-26-12-14-29-45(40)55(47)37-22-8-3-9-23-37/h1-33H. The first-order chi connectivity index (χ1) is 27.8. The molecule has 3 heterocycles. The molecule has 0 aliphatic rings. The minimum atomic E-state index is 0.618. The number of hydrogen-bond donors (Lipinski definition) is 0. The summed E-state index contributed by atoms with van der Waals surface area (Å²) in [6, 6.07) is 70.3. The zero-order valence-electron chi connectivity index (χ0n) is 30.3. The molecule has 0 atom stereocenters. The molecule has 0 unspecified atom stereocenters. The lowest BCUT2D eigenvalue weighted by molar-refractivity contribution is 1.07. The number of nitrogens with zero attached hydrogens (tertiary/aromatic N) is 5. The molecule has 0 fully saturated rings. The molecule has 11 aromatic rings. The largest absolute Gasteiger partial charge is 0.309 e. The quantitative estimate of drug-likeness (QED) is 0.172. The van der Waals surface area contributed by atoms with Crippen molar-refractivity contribution >= 4 is 43.6 Å². The number of para-hydroxylation sites is 3. The highest BCUT2D eigenvalue weighted by molar-refractivity contribution is 6.19. The van der Waals surface area contributed by atoms with E-state index in [2.05, 4.69) is 179 Å². The highest BCUT2D eigenvalue weighted by atomic mass is 15.0. The molecule has 3 aromatic heterocycles. The van der Waals surface area contributed by atoms with Crippen LogP contribution in [0.1, 0.15) is 0 Å². The maximum Gasteiger partial charge on any atom is 0.164 e. The molecule has 0 saturated carbocycles. The van der Waals surface area contributed by atoms with Crippen LogP contribution in [0.25, 0.3) is 100 Å². The van der Waals surface area contributed by atoms with Gasteiger partial charge in [-0.15, -0.1) is 0 Å². The Morgan fingerprint density at radius 1 is 0.268 bits per heavy atom. The normalized spacial score (nSPS) is 11.6. The number of fused-ring (bicyclic) bond motifs is 6. The molecular formula is C51H33N5. The van der Waals surface area contributed by atoms with Crippen molar-refractivity contribution in [3.63, 3.8) is 0 Å². The third-order valence-corrected chi connectivity index (χ3v) is 10.8. The molecule has 0 aliphatic carbocycles. The monoisotopic (exact) mass is 715 g/mol. The molecule has 5 nitrogen and oxygen atoms in total. The maximum atomic E-state index is 5.21. The Labute approximate surface area is 323 Å². The lowest BCUT2D eigenvalue weighted by atomic mass is 9.99. The number of aromatic nitrogens is 5. The summed E-state index contributed by atoms with van der Waals surface area (Å²) in [5.74, 6) is 1.88. The third kappa shape index (κ3) is 5.21. The Hall–Kier alpha value is -7.63. The first-order valence-electron chi connectivity index (χ1n) is 18.9. The van der Waals surface area contributed by atoms with E-state index in [1.807, 2.05) is 30.3 Å². The average Bonchev–Trinajstić information content (AvgIpc) is 3.78. The summed E-state index contributed by atoms with van der Waals surface area (Å²) in [5, 5.41) is 4.83. The predicted octanol–water partition coefficient (Wildman–Crippen LogP) is 12.7. The molecule has 0 spiro atoms. The molecule has 262 valence electrons. The second kappa shape index (κ2) is 13.0. The van der Waals surface area contributed by atoms with Gasteiger partial charge in [0.2, 0.25) is 0 Å². The topological polar surface area (TPSA) is 48.5 Å². The number of rotatable bonds is 6. The first-order valence-corrected chi connectivity index (χ1v) is 18.9. The summed E-state index contributed by atoms with van der Waals surface area (Å²) < 4.78 is 4.77. The van der Waals surface area contributed by atoms with E-state index in [9.17, 15) is 0 Å². The fourth-order valence-corrected chi connectivity index (χ4v) is 8.24. The van der Waals surface area contributed by atoms with Gasteiger partial charge in [0.05, 0.1) is 22.1 Å². The summed E-state index contributed by atoms with van der Waals surface area (Å²) in [5.41, 5.74) is 11.8. The summed E-state index contributed by atoms with van der Waals surface area (Å²) in [6.07, 6.45) is 0. The van der Waals surface area contributed by atoms with Gasteiger partial charge in [-0.2, -0.15) is 0 Å². The van der Waals surface area contributed by atoms with Gasteiger partial charge in [-0.1, -0.05) is 152 Å². The van der Waals surface area contributed by atoms with E-state index in [-0.39, 0.29) is 0 Å². The van der Waals surface area contributed by atoms with Crippen LogP contribution in [0.4, 0.5) is 0 Å². The molecule has 11 rings (SSSR count). The fourth-order valence-electron chi connectivity index (χ4n) is 8.24. The highest BCUT2D eigenvalue weighted by Crippen LogP contribution is 2.40. The van der Waals surface area contributed by atoms with E-state index in [1.165, 1.54) is 32.6 Å². The molecule has 5 heteroatoms. The van der Waals surface area contributed by atoms with Crippen molar-refractivity contribution in [1.82, 2.24) is 24.1 Å². The van der Waals surface area contributed by atoms with Crippen LogP contribution in [0.2, 0.25) is 0 Å². The molecule has 0 bridgehead atoms. The van der Waals surface area contributed by atoms with Gasteiger partial charge in [-0.05, 0) is 59.7 Å². The van der Waals surface area contributed by atoms with Crippen molar-refractivity contribution in [2.24, 2.45) is 0 Å². The van der Waals surface area contributed by atoms with Crippen LogP contribution >= 0.6 is 0 Å². The zero-order valence-corrected chi connectivity index (χ0v) is 30.3. The van der Waals surface area contributed by atoms with E-state index >= 15 is 0 Å². The Bertz CT molecular complexity index is 3240. The fraction of sp³-hybridized carbons (Fsp3) is 0. The molecule has 56 heavy (non-hydrogen) atoms. The minimum Gasteiger partial charge on any atom is -0.309 e. The summed E-state index contributed by atoms with van der Waals surface area (Å²) in [4.78, 5) is 15.4. The molecular weight excluding hydrogens is 683 g/mol. The van der Waals surface area contributed by atoms with Gasteiger partial charge >= 0.3 is 0 Å². The average molecular weight is 716 g/mol. The van der Waals surface area contributed by atoms with Gasteiger partial charge in [0, 0.05) is 49.6 Å². The van der Waals surface area contributed by atoms with Crippen LogP contribution in [0.15, 0.2) is 200 Å². The molecule has 0 saturated heterocycles. The van der Waals surface area contributed by atoms with Crippen LogP contribution < -0.4 is 0 Å². The van der Waals surface area contributed by atoms with Crippen molar-refractivity contribution in [2.45, 2.75) is 0 Å². The van der Waals surface area contributed by atoms with Crippen molar-refractivity contribution in [1.29, 1.82) is 0 Å². The van der Waals surface area contributed by atoms with Crippen molar-refractivity contribution in [2.75, 3.05) is 0 Å². The van der Waals surface area contributed by atoms with Gasteiger partial charge in [-0.25, -0.2) is 15.0 Å². The second-order valence-electron chi connectivity index (χ2n) is 14.1. The van der Waals surface area contributed by atoms with Gasteiger partial charge in [-0.3, -0.25) is 0 Å². The molecule has 0 aliphatic heterocycles. The van der Waals surface area contributed by atoms with Gasteiger partial charge < -0.3 is 9.13 Å². The molecule has 8 aromatic carbocycles. The van der Waals surface area contributed by atoms with E-state index in [0.717, 1.165) is 50.2 Å². The van der Waals surface area contributed by atoms with Gasteiger partial charge in [0.15, 0.2) is 17.5 Å². The lowest BCUT2D eigenvalue weighted by Gasteiger charge is -2.13. The highest BCUT2D eigenvalue weighted by Gasteiger charge is 2.20. The van der Waals surface area contributed by atoms with Gasteiger partial charge in [0.1, 0.15) is 0 Å². The SMILES string of the molecule is c1ccc(-c2nc(-c3cccc(-n4c5ccccc5c5cc6c(cc54)c4ccccc4n6-c4ccccc4)c3)nc(-c3ccccc3-c3ccccc3)n2)cc1. The number of hydrogen-bond acceptors (Lipinski definition) is 3. The van der Waals surface area contributed by atoms with Crippen LogP contribution in [0, 0.1) is 0 Å². The zero-order chi connectivity index (χ0) is 37.0. The van der Waals surface area contributed by atoms with Crippen LogP contribution in [0.5, 0.6) is 0 Å². The Balaban J connectivity index is 1.13.